The zero-order valence-corrected chi connectivity index (χ0v) is 13.7. The van der Waals surface area contributed by atoms with Gasteiger partial charge in [-0.15, -0.1) is 0 Å². The van der Waals surface area contributed by atoms with Gasteiger partial charge in [0, 0.05) is 23.6 Å². The minimum atomic E-state index is 0.191. The molecule has 0 bridgehead atoms. The molecule has 4 atom stereocenters. The first kappa shape index (κ1) is 15.0. The second-order valence-corrected chi connectivity index (χ2v) is 6.80. The molecule has 1 heterocycles. The summed E-state index contributed by atoms with van der Waals surface area (Å²) in [5, 5.41) is 0. The molecule has 0 spiro atoms. The van der Waals surface area contributed by atoms with Crippen LogP contribution < -0.4 is 5.73 Å². The zero-order chi connectivity index (χ0) is 14.0. The van der Waals surface area contributed by atoms with E-state index in [9.17, 15) is 0 Å². The maximum Gasteiger partial charge on any atom is 0.0510 e. The molecule has 1 fully saturated rings. The molecular weight excluding hydrogens is 300 g/mol. The van der Waals surface area contributed by atoms with Crippen molar-refractivity contribution < 1.29 is 0 Å². The molecule has 19 heavy (non-hydrogen) atoms. The third-order valence-electron chi connectivity index (χ3n) is 4.51. The fourth-order valence-electron chi connectivity index (χ4n) is 3.04. The Bertz CT molecular complexity index is 411. The van der Waals surface area contributed by atoms with E-state index in [0.29, 0.717) is 6.04 Å². The molecule has 106 valence electrons. The summed E-state index contributed by atoms with van der Waals surface area (Å²) in [5.74, 6) is 1.52. The van der Waals surface area contributed by atoms with Crippen molar-refractivity contribution in [1.29, 1.82) is 0 Å². The molecular formula is C16H25BrN2. The fourth-order valence-corrected chi connectivity index (χ4v) is 3.56. The van der Waals surface area contributed by atoms with E-state index in [-0.39, 0.29) is 6.04 Å². The lowest BCUT2D eigenvalue weighted by atomic mass is 9.96. The van der Waals surface area contributed by atoms with Crippen LogP contribution in [-0.2, 0) is 0 Å². The molecule has 1 aliphatic heterocycles. The van der Waals surface area contributed by atoms with Gasteiger partial charge in [0.1, 0.15) is 0 Å². The van der Waals surface area contributed by atoms with Crippen molar-refractivity contribution in [2.24, 2.45) is 17.6 Å². The van der Waals surface area contributed by atoms with Crippen LogP contribution in [0, 0.1) is 11.8 Å². The summed E-state index contributed by atoms with van der Waals surface area (Å²) >= 11 is 3.69. The van der Waals surface area contributed by atoms with Crippen LogP contribution in [0.5, 0.6) is 0 Å². The lowest BCUT2D eigenvalue weighted by Crippen LogP contribution is -2.40. The molecule has 0 saturated carbocycles. The van der Waals surface area contributed by atoms with Crippen LogP contribution in [0.3, 0.4) is 0 Å². The van der Waals surface area contributed by atoms with Crippen LogP contribution in [0.15, 0.2) is 28.7 Å². The lowest BCUT2D eigenvalue weighted by molar-refractivity contribution is 0.200. The van der Waals surface area contributed by atoms with Gasteiger partial charge in [-0.25, -0.2) is 0 Å². The Labute approximate surface area is 125 Å². The second-order valence-electron chi connectivity index (χ2n) is 5.95. The first-order valence-corrected chi connectivity index (χ1v) is 8.08. The fraction of sp³-hybridized carbons (Fsp3) is 0.625. The Hall–Kier alpha value is -0.380. The van der Waals surface area contributed by atoms with E-state index < -0.39 is 0 Å². The smallest absolute Gasteiger partial charge is 0.0510 e. The van der Waals surface area contributed by atoms with Gasteiger partial charge in [0.2, 0.25) is 0 Å². The standard InChI is InChI=1S/C16H25BrN2/c1-4-15(18)16(13-7-5-6-8-14(13)17)19-9-11(2)12(3)10-19/h5-8,11-12,15-16H,4,9-10,18H2,1-3H3. The molecule has 4 unspecified atom stereocenters. The van der Waals surface area contributed by atoms with Gasteiger partial charge in [0.05, 0.1) is 6.04 Å². The van der Waals surface area contributed by atoms with Gasteiger partial charge in [-0.05, 0) is 29.9 Å². The predicted molar refractivity (Wildman–Crippen MR) is 85.1 cm³/mol. The highest BCUT2D eigenvalue weighted by Crippen LogP contribution is 2.36. The van der Waals surface area contributed by atoms with Crippen molar-refractivity contribution >= 4 is 15.9 Å². The topological polar surface area (TPSA) is 29.3 Å². The average molecular weight is 325 g/mol. The minimum Gasteiger partial charge on any atom is -0.326 e. The van der Waals surface area contributed by atoms with Crippen LogP contribution in [0.4, 0.5) is 0 Å². The number of likely N-dealkylation sites (tertiary alicyclic amines) is 1. The Morgan fingerprint density at radius 2 is 1.84 bits per heavy atom. The molecule has 2 nitrogen and oxygen atoms in total. The summed E-state index contributed by atoms with van der Waals surface area (Å²) in [6, 6.07) is 9.02. The van der Waals surface area contributed by atoms with E-state index in [1.165, 1.54) is 10.0 Å². The normalized spacial score (nSPS) is 27.4. The van der Waals surface area contributed by atoms with E-state index in [1.54, 1.807) is 0 Å². The van der Waals surface area contributed by atoms with Crippen LogP contribution in [0.2, 0.25) is 0 Å². The van der Waals surface area contributed by atoms with E-state index in [1.807, 2.05) is 0 Å². The number of nitrogens with two attached hydrogens (primary N) is 1. The molecule has 3 heteroatoms. The minimum absolute atomic E-state index is 0.191. The number of hydrogen-bond acceptors (Lipinski definition) is 2. The quantitative estimate of drug-likeness (QED) is 0.912. The first-order valence-electron chi connectivity index (χ1n) is 7.28. The molecule has 0 aliphatic carbocycles. The molecule has 1 aliphatic rings. The number of nitrogens with zero attached hydrogens (tertiary/aromatic N) is 1. The lowest BCUT2D eigenvalue weighted by Gasteiger charge is -2.33. The van der Waals surface area contributed by atoms with E-state index in [4.69, 9.17) is 5.73 Å². The van der Waals surface area contributed by atoms with Gasteiger partial charge in [-0.2, -0.15) is 0 Å². The summed E-state index contributed by atoms with van der Waals surface area (Å²) in [6.45, 7) is 9.18. The average Bonchev–Trinajstić information content (AvgIpc) is 2.71. The molecule has 0 amide bonds. The summed E-state index contributed by atoms with van der Waals surface area (Å²) < 4.78 is 1.18. The maximum atomic E-state index is 6.43. The van der Waals surface area contributed by atoms with Crippen molar-refractivity contribution in [2.75, 3.05) is 13.1 Å². The summed E-state index contributed by atoms with van der Waals surface area (Å²) in [6.07, 6.45) is 1.01. The Kier molecular flexibility index (Phi) is 5.04. The van der Waals surface area contributed by atoms with Gasteiger partial charge in [-0.3, -0.25) is 4.90 Å². The molecule has 0 aromatic heterocycles. The van der Waals surface area contributed by atoms with Crippen LogP contribution >= 0.6 is 15.9 Å². The van der Waals surface area contributed by atoms with Crippen molar-refractivity contribution in [3.63, 3.8) is 0 Å². The number of halogens is 1. The van der Waals surface area contributed by atoms with Gasteiger partial charge in [-0.1, -0.05) is 54.9 Å². The van der Waals surface area contributed by atoms with Crippen LogP contribution in [0.25, 0.3) is 0 Å². The largest absolute Gasteiger partial charge is 0.326 e. The Morgan fingerprint density at radius 3 is 2.37 bits per heavy atom. The predicted octanol–water partition coefficient (Wildman–Crippen LogP) is 3.82. The Morgan fingerprint density at radius 1 is 1.26 bits per heavy atom. The number of rotatable bonds is 4. The highest BCUT2D eigenvalue weighted by Gasteiger charge is 2.34. The van der Waals surface area contributed by atoms with E-state index in [0.717, 1.165) is 31.3 Å². The third kappa shape index (κ3) is 3.21. The first-order chi connectivity index (χ1) is 9.04. The van der Waals surface area contributed by atoms with Crippen molar-refractivity contribution in [1.82, 2.24) is 4.90 Å². The number of benzene rings is 1. The summed E-state index contributed by atoms with van der Waals surface area (Å²) in [7, 11) is 0. The zero-order valence-electron chi connectivity index (χ0n) is 12.1. The highest BCUT2D eigenvalue weighted by atomic mass is 79.9. The third-order valence-corrected chi connectivity index (χ3v) is 5.23. The molecule has 2 N–H and O–H groups in total. The summed E-state index contributed by atoms with van der Waals surface area (Å²) in [4.78, 5) is 2.57. The van der Waals surface area contributed by atoms with Gasteiger partial charge in [0.15, 0.2) is 0 Å². The molecule has 0 radical (unpaired) electrons. The van der Waals surface area contributed by atoms with E-state index >= 15 is 0 Å². The van der Waals surface area contributed by atoms with Crippen molar-refractivity contribution in [3.05, 3.63) is 34.3 Å². The second kappa shape index (κ2) is 6.38. The van der Waals surface area contributed by atoms with Crippen LogP contribution in [0.1, 0.15) is 38.8 Å². The molecule has 1 aromatic rings. The van der Waals surface area contributed by atoms with Crippen molar-refractivity contribution in [3.8, 4) is 0 Å². The van der Waals surface area contributed by atoms with Gasteiger partial charge >= 0.3 is 0 Å². The van der Waals surface area contributed by atoms with Gasteiger partial charge in [0.25, 0.3) is 0 Å². The van der Waals surface area contributed by atoms with Gasteiger partial charge < -0.3 is 5.73 Å². The highest BCUT2D eigenvalue weighted by molar-refractivity contribution is 9.10. The van der Waals surface area contributed by atoms with Crippen LogP contribution in [-0.4, -0.2) is 24.0 Å². The summed E-state index contributed by atoms with van der Waals surface area (Å²) in [5.41, 5.74) is 7.76. The molecule has 1 saturated heterocycles. The van der Waals surface area contributed by atoms with Crippen molar-refractivity contribution in [2.45, 2.75) is 39.3 Å². The molecule has 1 aromatic carbocycles. The van der Waals surface area contributed by atoms with E-state index in [2.05, 4.69) is 65.9 Å². The Balaban J connectivity index is 2.30. The molecule has 2 rings (SSSR count). The maximum absolute atomic E-state index is 6.43. The number of hydrogen-bond donors (Lipinski definition) is 1. The monoisotopic (exact) mass is 324 g/mol. The SMILES string of the molecule is CCC(N)C(c1ccccc1Br)N1CC(C)C(C)C1.